The number of rotatable bonds is 7. The van der Waals surface area contributed by atoms with Gasteiger partial charge in [0, 0.05) is 37.8 Å². The van der Waals surface area contributed by atoms with Crippen LogP contribution in [0.3, 0.4) is 0 Å². The van der Waals surface area contributed by atoms with Gasteiger partial charge in [0.1, 0.15) is 5.69 Å². The van der Waals surface area contributed by atoms with Crippen LogP contribution in [0.25, 0.3) is 11.5 Å². The Morgan fingerprint density at radius 3 is 2.84 bits per heavy atom. The highest BCUT2D eigenvalue weighted by Gasteiger charge is 2.22. The number of allylic oxidation sites excluding steroid dienone is 1. The average molecular weight is 418 g/mol. The molecule has 0 amide bonds. The molecule has 0 radical (unpaired) electrons. The van der Waals surface area contributed by atoms with E-state index in [2.05, 4.69) is 32.5 Å². The van der Waals surface area contributed by atoms with E-state index in [4.69, 9.17) is 9.47 Å². The number of methoxy groups -OCH3 is 2. The minimum Gasteiger partial charge on any atom is -0.493 e. The predicted octanol–water partition coefficient (Wildman–Crippen LogP) is 3.14. The molecule has 7 heteroatoms. The van der Waals surface area contributed by atoms with Crippen molar-refractivity contribution in [1.29, 1.82) is 0 Å². The van der Waals surface area contributed by atoms with E-state index in [1.54, 1.807) is 20.4 Å². The fraction of sp³-hybridized carbons (Fsp3) is 0.292. The number of nitrogens with one attached hydrogen (secondary N) is 1. The molecule has 1 aromatic carbocycles. The van der Waals surface area contributed by atoms with Crippen molar-refractivity contribution in [2.75, 3.05) is 20.8 Å². The van der Waals surface area contributed by atoms with Crippen LogP contribution in [0, 0.1) is 0 Å². The number of benzene rings is 1. The SMILES string of the molecule is C=CCc1cc(CN2CCc3nc(-c4ccccn4)[nH]c(=O)c3C2)cc(OC)c1OC. The summed E-state index contributed by atoms with van der Waals surface area (Å²) < 4.78 is 11.1. The molecule has 0 bridgehead atoms. The van der Waals surface area contributed by atoms with E-state index < -0.39 is 0 Å². The Hall–Kier alpha value is -3.45. The molecule has 3 aromatic rings. The lowest BCUT2D eigenvalue weighted by Crippen LogP contribution is -2.35. The molecule has 0 spiro atoms. The summed E-state index contributed by atoms with van der Waals surface area (Å²) in [5.41, 5.74) is 4.27. The first-order valence-corrected chi connectivity index (χ1v) is 10.2. The summed E-state index contributed by atoms with van der Waals surface area (Å²) in [7, 11) is 3.28. The lowest BCUT2D eigenvalue weighted by Gasteiger charge is -2.28. The highest BCUT2D eigenvalue weighted by Crippen LogP contribution is 2.34. The fourth-order valence-corrected chi connectivity index (χ4v) is 4.00. The molecule has 1 aliphatic heterocycles. The second-order valence-electron chi connectivity index (χ2n) is 7.50. The first kappa shape index (κ1) is 20.8. The average Bonchev–Trinajstić information content (AvgIpc) is 2.80. The molecule has 2 aromatic heterocycles. The first-order valence-electron chi connectivity index (χ1n) is 10.2. The largest absolute Gasteiger partial charge is 0.493 e. The number of fused-ring (bicyclic) bond motifs is 1. The Morgan fingerprint density at radius 1 is 1.26 bits per heavy atom. The first-order chi connectivity index (χ1) is 15.1. The highest BCUT2D eigenvalue weighted by molar-refractivity contribution is 5.51. The van der Waals surface area contributed by atoms with Gasteiger partial charge in [-0.15, -0.1) is 6.58 Å². The maximum absolute atomic E-state index is 12.8. The molecule has 0 atom stereocenters. The molecule has 0 saturated carbocycles. The predicted molar refractivity (Wildman–Crippen MR) is 119 cm³/mol. The number of hydrogen-bond donors (Lipinski definition) is 1. The van der Waals surface area contributed by atoms with E-state index in [9.17, 15) is 4.79 Å². The van der Waals surface area contributed by atoms with Crippen LogP contribution in [0.15, 0.2) is 54.0 Å². The van der Waals surface area contributed by atoms with Gasteiger partial charge in [-0.1, -0.05) is 18.2 Å². The van der Waals surface area contributed by atoms with E-state index in [0.29, 0.717) is 43.2 Å². The molecule has 0 fully saturated rings. The Labute approximate surface area is 181 Å². The molecule has 0 unspecified atom stereocenters. The molecule has 0 aliphatic carbocycles. The maximum Gasteiger partial charge on any atom is 0.255 e. The lowest BCUT2D eigenvalue weighted by molar-refractivity contribution is 0.241. The number of H-pyrrole nitrogens is 1. The normalized spacial score (nSPS) is 13.5. The Balaban J connectivity index is 1.58. The molecule has 3 heterocycles. The molecule has 160 valence electrons. The van der Waals surface area contributed by atoms with Gasteiger partial charge in [0.25, 0.3) is 5.56 Å². The Kier molecular flexibility index (Phi) is 6.13. The van der Waals surface area contributed by atoms with E-state index in [1.165, 1.54) is 0 Å². The van der Waals surface area contributed by atoms with Gasteiger partial charge in [-0.05, 0) is 30.2 Å². The second-order valence-corrected chi connectivity index (χ2v) is 7.50. The van der Waals surface area contributed by atoms with Gasteiger partial charge < -0.3 is 14.5 Å². The summed E-state index contributed by atoms with van der Waals surface area (Å²) in [6, 6.07) is 9.68. The molecule has 31 heavy (non-hydrogen) atoms. The van der Waals surface area contributed by atoms with Crippen molar-refractivity contribution >= 4 is 0 Å². The highest BCUT2D eigenvalue weighted by atomic mass is 16.5. The standard InChI is InChI=1S/C24H26N4O3/c1-4-7-17-12-16(13-21(30-2)22(17)31-3)14-28-11-9-19-18(15-28)24(29)27-23(26-19)20-8-5-6-10-25-20/h4-6,8,10,12-13H,1,7,9,11,14-15H2,2-3H3,(H,26,27,29). The van der Waals surface area contributed by atoms with Crippen LogP contribution >= 0.6 is 0 Å². The van der Waals surface area contributed by atoms with Crippen LogP contribution < -0.4 is 15.0 Å². The summed E-state index contributed by atoms with van der Waals surface area (Å²) in [6.45, 7) is 5.90. The van der Waals surface area contributed by atoms with Crippen molar-refractivity contribution in [1.82, 2.24) is 19.9 Å². The lowest BCUT2D eigenvalue weighted by atomic mass is 10.0. The monoisotopic (exact) mass is 418 g/mol. The third kappa shape index (κ3) is 4.36. The van der Waals surface area contributed by atoms with E-state index in [1.807, 2.05) is 30.3 Å². The van der Waals surface area contributed by atoms with Crippen molar-refractivity contribution in [3.8, 4) is 23.0 Å². The summed E-state index contributed by atoms with van der Waals surface area (Å²) in [4.78, 5) is 26.9. The van der Waals surface area contributed by atoms with Crippen LogP contribution in [0.1, 0.15) is 22.4 Å². The van der Waals surface area contributed by atoms with Crippen LogP contribution in [-0.4, -0.2) is 40.6 Å². The molecule has 0 saturated heterocycles. The van der Waals surface area contributed by atoms with Gasteiger partial charge in [0.05, 0.1) is 25.5 Å². The van der Waals surface area contributed by atoms with Gasteiger partial charge in [0.15, 0.2) is 17.3 Å². The fourth-order valence-electron chi connectivity index (χ4n) is 4.00. The summed E-state index contributed by atoms with van der Waals surface area (Å²) in [5, 5.41) is 0. The number of aromatic amines is 1. The van der Waals surface area contributed by atoms with Crippen LogP contribution in [0.4, 0.5) is 0 Å². The summed E-state index contributed by atoms with van der Waals surface area (Å²) >= 11 is 0. The summed E-state index contributed by atoms with van der Waals surface area (Å²) in [5.74, 6) is 1.96. The van der Waals surface area contributed by atoms with Crippen molar-refractivity contribution in [3.05, 3.63) is 81.9 Å². The zero-order valence-electron chi connectivity index (χ0n) is 17.9. The van der Waals surface area contributed by atoms with E-state index >= 15 is 0 Å². The van der Waals surface area contributed by atoms with E-state index in [0.717, 1.165) is 34.7 Å². The zero-order valence-corrected chi connectivity index (χ0v) is 17.9. The quantitative estimate of drug-likeness (QED) is 0.594. The van der Waals surface area contributed by atoms with Crippen molar-refractivity contribution in [2.24, 2.45) is 0 Å². The topological polar surface area (TPSA) is 80.3 Å². The van der Waals surface area contributed by atoms with Crippen molar-refractivity contribution in [3.63, 3.8) is 0 Å². The third-order valence-corrected chi connectivity index (χ3v) is 5.44. The summed E-state index contributed by atoms with van der Waals surface area (Å²) in [6.07, 6.45) is 4.95. The number of nitrogens with zero attached hydrogens (tertiary/aromatic N) is 3. The van der Waals surface area contributed by atoms with Crippen LogP contribution in [0.2, 0.25) is 0 Å². The van der Waals surface area contributed by atoms with Crippen LogP contribution in [-0.2, 0) is 25.9 Å². The van der Waals surface area contributed by atoms with E-state index in [-0.39, 0.29) is 5.56 Å². The molecular formula is C24H26N4O3. The Bertz CT molecular complexity index is 1140. The number of pyridine rings is 1. The van der Waals surface area contributed by atoms with Gasteiger partial charge in [-0.3, -0.25) is 14.7 Å². The molecule has 1 aliphatic rings. The zero-order chi connectivity index (χ0) is 21.8. The smallest absolute Gasteiger partial charge is 0.255 e. The second kappa shape index (κ2) is 9.14. The Morgan fingerprint density at radius 2 is 2.13 bits per heavy atom. The van der Waals surface area contributed by atoms with Gasteiger partial charge in [0.2, 0.25) is 0 Å². The maximum atomic E-state index is 12.8. The van der Waals surface area contributed by atoms with Crippen molar-refractivity contribution in [2.45, 2.75) is 25.9 Å². The number of aromatic nitrogens is 3. The molecule has 1 N–H and O–H groups in total. The molecular weight excluding hydrogens is 392 g/mol. The number of ether oxygens (including phenoxy) is 2. The minimum atomic E-state index is -0.102. The molecule has 4 rings (SSSR count). The van der Waals surface area contributed by atoms with Gasteiger partial charge in [-0.25, -0.2) is 4.98 Å². The third-order valence-electron chi connectivity index (χ3n) is 5.44. The van der Waals surface area contributed by atoms with Crippen LogP contribution in [0.5, 0.6) is 11.5 Å². The minimum absolute atomic E-state index is 0.102. The van der Waals surface area contributed by atoms with Gasteiger partial charge in [-0.2, -0.15) is 0 Å². The van der Waals surface area contributed by atoms with Crippen molar-refractivity contribution < 1.29 is 9.47 Å². The van der Waals surface area contributed by atoms with Gasteiger partial charge >= 0.3 is 0 Å². The number of hydrogen-bond acceptors (Lipinski definition) is 6. The molecule has 7 nitrogen and oxygen atoms in total.